The molecule has 0 radical (unpaired) electrons. The number of rotatable bonds is 6. The van der Waals surface area contributed by atoms with Gasteiger partial charge in [-0.05, 0) is 98.2 Å². The van der Waals surface area contributed by atoms with Gasteiger partial charge in [-0.2, -0.15) is 0 Å². The van der Waals surface area contributed by atoms with E-state index < -0.39 is 0 Å². The third-order valence-corrected chi connectivity index (χ3v) is 8.00. The standard InChI is InChI=1S/C24H16BrClINO3S2/c1-30-21-10-15(4-9-20(21)31-13-14-2-5-16(27)6-3-14)11-22-23(29)28(24(32)33-22)17-7-8-18(25)19(26)12-17/h2-12H,13H2,1H3/b22-11-. The zero-order chi connectivity index (χ0) is 23.5. The van der Waals surface area contributed by atoms with E-state index in [1.807, 2.05) is 42.5 Å². The first kappa shape index (κ1) is 24.5. The number of ether oxygens (including phenoxy) is 2. The number of thiocarbonyl (C=S) groups is 1. The molecule has 1 amide bonds. The number of thioether (sulfide) groups is 1. The quantitative estimate of drug-likeness (QED) is 0.153. The fourth-order valence-electron chi connectivity index (χ4n) is 3.10. The minimum atomic E-state index is -0.193. The highest BCUT2D eigenvalue weighted by molar-refractivity contribution is 14.1. The Kier molecular flexibility index (Phi) is 8.01. The number of hydrogen-bond donors (Lipinski definition) is 0. The third kappa shape index (κ3) is 5.74. The molecule has 1 fully saturated rings. The van der Waals surface area contributed by atoms with Gasteiger partial charge in [0.25, 0.3) is 5.91 Å². The lowest BCUT2D eigenvalue weighted by Crippen LogP contribution is -2.27. The zero-order valence-corrected chi connectivity index (χ0v) is 23.3. The fraction of sp³-hybridized carbons (Fsp3) is 0.0833. The largest absolute Gasteiger partial charge is 0.493 e. The molecule has 0 unspecified atom stereocenters. The van der Waals surface area contributed by atoms with E-state index in [0.717, 1.165) is 15.6 Å². The molecule has 0 bridgehead atoms. The summed E-state index contributed by atoms with van der Waals surface area (Å²) < 4.78 is 13.8. The minimum Gasteiger partial charge on any atom is -0.493 e. The molecule has 1 heterocycles. The maximum absolute atomic E-state index is 13.1. The molecule has 1 aliphatic rings. The molecule has 0 saturated carbocycles. The Morgan fingerprint density at radius 1 is 1.12 bits per heavy atom. The van der Waals surface area contributed by atoms with Crippen LogP contribution in [0.2, 0.25) is 5.02 Å². The van der Waals surface area contributed by atoms with E-state index in [1.165, 1.54) is 20.2 Å². The molecule has 4 rings (SSSR count). The molecular formula is C24H16BrClINO3S2. The molecule has 0 aliphatic carbocycles. The fourth-order valence-corrected chi connectivity index (χ4v) is 5.18. The van der Waals surface area contributed by atoms with Crippen molar-refractivity contribution in [3.63, 3.8) is 0 Å². The van der Waals surface area contributed by atoms with Gasteiger partial charge in [0.15, 0.2) is 15.8 Å². The highest BCUT2D eigenvalue weighted by Gasteiger charge is 2.33. The molecule has 3 aromatic carbocycles. The Morgan fingerprint density at radius 2 is 1.88 bits per heavy atom. The summed E-state index contributed by atoms with van der Waals surface area (Å²) in [4.78, 5) is 15.1. The van der Waals surface area contributed by atoms with Crippen LogP contribution in [-0.4, -0.2) is 17.3 Å². The molecule has 1 aliphatic heterocycles. The van der Waals surface area contributed by atoms with E-state index in [1.54, 1.807) is 31.4 Å². The van der Waals surface area contributed by atoms with Gasteiger partial charge in [-0.1, -0.05) is 53.8 Å². The summed E-state index contributed by atoms with van der Waals surface area (Å²) in [7, 11) is 1.59. The van der Waals surface area contributed by atoms with Crippen molar-refractivity contribution in [3.05, 3.63) is 89.8 Å². The normalized spacial score (nSPS) is 14.8. The van der Waals surface area contributed by atoms with E-state index >= 15 is 0 Å². The van der Waals surface area contributed by atoms with Crippen LogP contribution < -0.4 is 14.4 Å². The van der Waals surface area contributed by atoms with Crippen LogP contribution in [0.3, 0.4) is 0 Å². The average Bonchev–Trinajstić information content (AvgIpc) is 3.08. The molecule has 168 valence electrons. The van der Waals surface area contributed by atoms with Gasteiger partial charge in [-0.3, -0.25) is 9.69 Å². The van der Waals surface area contributed by atoms with Crippen molar-refractivity contribution < 1.29 is 14.3 Å². The first-order chi connectivity index (χ1) is 15.9. The second kappa shape index (κ2) is 10.8. The number of benzene rings is 3. The van der Waals surface area contributed by atoms with Crippen molar-refractivity contribution in [2.75, 3.05) is 12.0 Å². The summed E-state index contributed by atoms with van der Waals surface area (Å²) in [6, 6.07) is 19.0. The van der Waals surface area contributed by atoms with E-state index in [2.05, 4.69) is 38.5 Å². The summed E-state index contributed by atoms with van der Waals surface area (Å²) in [5.41, 5.74) is 2.51. The topological polar surface area (TPSA) is 38.8 Å². The zero-order valence-electron chi connectivity index (χ0n) is 17.2. The van der Waals surface area contributed by atoms with E-state index in [0.29, 0.717) is 38.0 Å². The van der Waals surface area contributed by atoms with E-state index in [-0.39, 0.29) is 5.91 Å². The van der Waals surface area contributed by atoms with Gasteiger partial charge < -0.3 is 9.47 Å². The second-order valence-electron chi connectivity index (χ2n) is 6.94. The summed E-state index contributed by atoms with van der Waals surface area (Å²) >= 11 is 18.5. The number of carbonyl (C=O) groups is 1. The van der Waals surface area contributed by atoms with Crippen LogP contribution in [0, 0.1) is 3.57 Å². The number of nitrogens with zero attached hydrogens (tertiary/aromatic N) is 1. The SMILES string of the molecule is COc1cc(/C=C2\SC(=S)N(c3ccc(Br)c(Cl)c3)C2=O)ccc1OCc1ccc(I)cc1. The summed E-state index contributed by atoms with van der Waals surface area (Å²) in [6.07, 6.45) is 1.80. The van der Waals surface area contributed by atoms with Crippen LogP contribution in [0.25, 0.3) is 6.08 Å². The summed E-state index contributed by atoms with van der Waals surface area (Å²) in [5.74, 6) is 1.02. The first-order valence-corrected chi connectivity index (χ1v) is 13.1. The molecule has 0 aromatic heterocycles. The molecule has 0 N–H and O–H groups in total. The van der Waals surface area contributed by atoms with Gasteiger partial charge in [0.2, 0.25) is 0 Å². The number of anilines is 1. The van der Waals surface area contributed by atoms with Crippen molar-refractivity contribution in [3.8, 4) is 11.5 Å². The molecule has 33 heavy (non-hydrogen) atoms. The predicted molar refractivity (Wildman–Crippen MR) is 151 cm³/mol. The van der Waals surface area contributed by atoms with Crippen LogP contribution in [0.4, 0.5) is 5.69 Å². The van der Waals surface area contributed by atoms with Crippen molar-refractivity contribution in [2.24, 2.45) is 0 Å². The Balaban J connectivity index is 1.53. The Morgan fingerprint density at radius 3 is 2.58 bits per heavy atom. The Hall–Kier alpha value is -1.59. The van der Waals surface area contributed by atoms with Gasteiger partial charge in [0.05, 0.1) is 22.7 Å². The number of hydrogen-bond acceptors (Lipinski definition) is 5. The first-order valence-electron chi connectivity index (χ1n) is 9.64. The van der Waals surface area contributed by atoms with E-state index in [9.17, 15) is 4.79 Å². The van der Waals surface area contributed by atoms with Crippen LogP contribution in [-0.2, 0) is 11.4 Å². The molecular weight excluding hydrogens is 657 g/mol. The lowest BCUT2D eigenvalue weighted by molar-refractivity contribution is -0.113. The Bertz CT molecular complexity index is 1270. The Labute approximate surface area is 228 Å². The van der Waals surface area contributed by atoms with Crippen molar-refractivity contribution in [1.82, 2.24) is 0 Å². The highest BCUT2D eigenvalue weighted by Crippen LogP contribution is 2.39. The van der Waals surface area contributed by atoms with Crippen LogP contribution >= 0.6 is 74.1 Å². The smallest absolute Gasteiger partial charge is 0.270 e. The lowest BCUT2D eigenvalue weighted by Gasteiger charge is -2.15. The van der Waals surface area contributed by atoms with Crippen molar-refractivity contribution >= 4 is 96.1 Å². The van der Waals surface area contributed by atoms with E-state index in [4.69, 9.17) is 33.3 Å². The minimum absolute atomic E-state index is 0.193. The second-order valence-corrected chi connectivity index (χ2v) is 11.1. The number of methoxy groups -OCH3 is 1. The van der Waals surface area contributed by atoms with Crippen LogP contribution in [0.5, 0.6) is 11.5 Å². The maximum atomic E-state index is 13.1. The summed E-state index contributed by atoms with van der Waals surface area (Å²) in [5, 5.41) is 0.510. The van der Waals surface area contributed by atoms with Crippen LogP contribution in [0.1, 0.15) is 11.1 Å². The highest BCUT2D eigenvalue weighted by atomic mass is 127. The lowest BCUT2D eigenvalue weighted by atomic mass is 10.1. The van der Waals surface area contributed by atoms with Crippen molar-refractivity contribution in [2.45, 2.75) is 6.61 Å². The molecule has 1 saturated heterocycles. The molecule has 0 atom stereocenters. The average molecular weight is 673 g/mol. The van der Waals surface area contributed by atoms with Crippen LogP contribution in [0.15, 0.2) is 70.0 Å². The number of amides is 1. The molecule has 0 spiro atoms. The maximum Gasteiger partial charge on any atom is 0.270 e. The van der Waals surface area contributed by atoms with Crippen molar-refractivity contribution in [1.29, 1.82) is 0 Å². The van der Waals surface area contributed by atoms with Gasteiger partial charge in [-0.15, -0.1) is 0 Å². The van der Waals surface area contributed by atoms with Gasteiger partial charge >= 0.3 is 0 Å². The van der Waals surface area contributed by atoms with Gasteiger partial charge in [-0.25, -0.2) is 0 Å². The molecule has 4 nitrogen and oxygen atoms in total. The molecule has 3 aromatic rings. The summed E-state index contributed by atoms with van der Waals surface area (Å²) in [6.45, 7) is 0.432. The molecule has 9 heteroatoms. The number of halogens is 3. The van der Waals surface area contributed by atoms with Gasteiger partial charge in [0.1, 0.15) is 6.61 Å². The predicted octanol–water partition coefficient (Wildman–Crippen LogP) is 7.70. The number of carbonyl (C=O) groups excluding carboxylic acids is 1. The van der Waals surface area contributed by atoms with Gasteiger partial charge in [0, 0.05) is 8.04 Å². The monoisotopic (exact) mass is 671 g/mol. The third-order valence-electron chi connectivity index (χ3n) is 4.75.